The number of rotatable bonds is 5. The van der Waals surface area contributed by atoms with E-state index < -0.39 is 0 Å². The highest BCUT2D eigenvalue weighted by Crippen LogP contribution is 2.24. The molecule has 1 N–H and O–H groups in total. The molecule has 1 aliphatic heterocycles. The van der Waals surface area contributed by atoms with E-state index in [9.17, 15) is 9.59 Å². The number of hydrogen-bond acceptors (Lipinski definition) is 4. The van der Waals surface area contributed by atoms with Crippen LogP contribution in [0.25, 0.3) is 11.1 Å². The first kappa shape index (κ1) is 17.4. The lowest BCUT2D eigenvalue weighted by atomic mass is 10.00. The summed E-state index contributed by atoms with van der Waals surface area (Å²) >= 11 is 0. The summed E-state index contributed by atoms with van der Waals surface area (Å²) < 4.78 is 6.91. The average molecular weight is 341 g/mol. The van der Waals surface area contributed by atoms with Gasteiger partial charge in [0.05, 0.1) is 6.20 Å². The molecule has 0 spiro atoms. The summed E-state index contributed by atoms with van der Waals surface area (Å²) in [6, 6.07) is 7.27. The molecule has 6 heteroatoms. The summed E-state index contributed by atoms with van der Waals surface area (Å²) in [6.07, 6.45) is 3.67. The van der Waals surface area contributed by atoms with Gasteiger partial charge in [0.1, 0.15) is 5.69 Å². The molecule has 0 radical (unpaired) electrons. The minimum absolute atomic E-state index is 0.0340. The fraction of sp³-hybridized carbons (Fsp3) is 0.421. The number of amides is 1. The third kappa shape index (κ3) is 3.96. The molecule has 1 amide bonds. The molecule has 1 saturated heterocycles. The van der Waals surface area contributed by atoms with E-state index in [1.54, 1.807) is 30.1 Å². The Morgan fingerprint density at radius 3 is 2.56 bits per heavy atom. The van der Waals surface area contributed by atoms with E-state index >= 15 is 0 Å². The first-order chi connectivity index (χ1) is 12.1. The maximum Gasteiger partial charge on any atom is 0.251 e. The predicted octanol–water partition coefficient (Wildman–Crippen LogP) is 2.45. The second kappa shape index (κ2) is 7.61. The molecular weight excluding hydrogens is 318 g/mol. The Labute approximate surface area is 147 Å². The number of nitrogens with zero attached hydrogens (tertiary/aromatic N) is 2. The minimum Gasteiger partial charge on any atom is -0.381 e. The number of Topliss-reactive ketones (excluding diaryl/α,β-unsaturated/α-hetero) is 1. The van der Waals surface area contributed by atoms with Crippen molar-refractivity contribution in [1.29, 1.82) is 0 Å². The highest BCUT2D eigenvalue weighted by Gasteiger charge is 2.17. The van der Waals surface area contributed by atoms with E-state index in [4.69, 9.17) is 4.74 Å². The van der Waals surface area contributed by atoms with Gasteiger partial charge in [0, 0.05) is 44.9 Å². The zero-order chi connectivity index (χ0) is 17.8. The second-order valence-electron chi connectivity index (χ2n) is 6.43. The lowest BCUT2D eigenvalue weighted by Crippen LogP contribution is -2.32. The SMILES string of the molecule is CC(=O)c1c(-c2ccc(C(=O)NCC3CCOCC3)cc2)cnn1C. The topological polar surface area (TPSA) is 73.2 Å². The van der Waals surface area contributed by atoms with Crippen LogP contribution in [0.4, 0.5) is 0 Å². The molecule has 0 aliphatic carbocycles. The van der Waals surface area contributed by atoms with Gasteiger partial charge in [0.25, 0.3) is 5.91 Å². The van der Waals surface area contributed by atoms with Gasteiger partial charge in [-0.1, -0.05) is 12.1 Å². The molecule has 1 aromatic carbocycles. The maximum atomic E-state index is 12.3. The van der Waals surface area contributed by atoms with E-state index in [0.717, 1.165) is 37.2 Å². The van der Waals surface area contributed by atoms with E-state index in [1.807, 2.05) is 12.1 Å². The Hall–Kier alpha value is -2.47. The molecule has 2 heterocycles. The standard InChI is InChI=1S/C19H23N3O3/c1-13(23)18-17(12-21-22(18)2)15-3-5-16(6-4-15)19(24)20-11-14-7-9-25-10-8-14/h3-6,12,14H,7-11H2,1-2H3,(H,20,24). The van der Waals surface area contributed by atoms with Crippen LogP contribution >= 0.6 is 0 Å². The first-order valence-corrected chi connectivity index (χ1v) is 8.55. The maximum absolute atomic E-state index is 12.3. The number of carbonyl (C=O) groups is 2. The minimum atomic E-state index is -0.0731. The van der Waals surface area contributed by atoms with Gasteiger partial charge in [0.2, 0.25) is 0 Å². The summed E-state index contributed by atoms with van der Waals surface area (Å²) in [5.74, 6) is 0.384. The third-order valence-electron chi connectivity index (χ3n) is 4.62. The summed E-state index contributed by atoms with van der Waals surface area (Å²) in [7, 11) is 1.75. The molecule has 0 atom stereocenters. The lowest BCUT2D eigenvalue weighted by molar-refractivity contribution is 0.0642. The van der Waals surface area contributed by atoms with E-state index in [0.29, 0.717) is 23.7 Å². The van der Waals surface area contributed by atoms with E-state index in [-0.39, 0.29) is 11.7 Å². The van der Waals surface area contributed by atoms with Crippen molar-refractivity contribution < 1.29 is 14.3 Å². The van der Waals surface area contributed by atoms with Crippen LogP contribution in [-0.4, -0.2) is 41.2 Å². The Bertz CT molecular complexity index is 759. The van der Waals surface area contributed by atoms with Gasteiger partial charge in [-0.3, -0.25) is 14.3 Å². The number of aryl methyl sites for hydroxylation is 1. The van der Waals surface area contributed by atoms with Gasteiger partial charge in [-0.05, 0) is 36.5 Å². The zero-order valence-electron chi connectivity index (χ0n) is 14.6. The van der Waals surface area contributed by atoms with Gasteiger partial charge < -0.3 is 10.1 Å². The number of carbonyl (C=O) groups excluding carboxylic acids is 2. The fourth-order valence-electron chi connectivity index (χ4n) is 3.16. The van der Waals surface area contributed by atoms with Gasteiger partial charge >= 0.3 is 0 Å². The quantitative estimate of drug-likeness (QED) is 0.848. The Morgan fingerprint density at radius 2 is 1.92 bits per heavy atom. The number of ketones is 1. The molecule has 0 unspecified atom stereocenters. The van der Waals surface area contributed by atoms with Gasteiger partial charge in [0.15, 0.2) is 5.78 Å². The van der Waals surface area contributed by atoms with Gasteiger partial charge in [-0.25, -0.2) is 0 Å². The number of ether oxygens (including phenoxy) is 1. The summed E-state index contributed by atoms with van der Waals surface area (Å²) in [6.45, 7) is 3.76. The van der Waals surface area contributed by atoms with Crippen molar-refractivity contribution in [3.8, 4) is 11.1 Å². The summed E-state index contributed by atoms with van der Waals surface area (Å²) in [5, 5.41) is 7.16. The number of aromatic nitrogens is 2. The Balaban J connectivity index is 1.67. The highest BCUT2D eigenvalue weighted by molar-refractivity contribution is 5.99. The highest BCUT2D eigenvalue weighted by atomic mass is 16.5. The van der Waals surface area contributed by atoms with Crippen molar-refractivity contribution in [2.45, 2.75) is 19.8 Å². The number of nitrogens with one attached hydrogen (secondary N) is 1. The fourth-order valence-corrected chi connectivity index (χ4v) is 3.16. The molecular formula is C19H23N3O3. The van der Waals surface area contributed by atoms with Crippen LogP contribution in [0.2, 0.25) is 0 Å². The largest absolute Gasteiger partial charge is 0.381 e. The van der Waals surface area contributed by atoms with Crippen LogP contribution in [0.1, 0.15) is 40.6 Å². The van der Waals surface area contributed by atoms with Crippen LogP contribution in [0.5, 0.6) is 0 Å². The number of benzene rings is 1. The lowest BCUT2D eigenvalue weighted by Gasteiger charge is -2.22. The van der Waals surface area contributed by atoms with E-state index in [2.05, 4.69) is 10.4 Å². The molecule has 25 heavy (non-hydrogen) atoms. The molecule has 0 bridgehead atoms. The normalized spacial score (nSPS) is 15.1. The molecule has 132 valence electrons. The van der Waals surface area contributed by atoms with E-state index in [1.165, 1.54) is 6.92 Å². The monoisotopic (exact) mass is 341 g/mol. The van der Waals surface area contributed by atoms with Crippen molar-refractivity contribution in [3.05, 3.63) is 41.7 Å². The van der Waals surface area contributed by atoms with Crippen molar-refractivity contribution in [2.75, 3.05) is 19.8 Å². The smallest absolute Gasteiger partial charge is 0.251 e. The van der Waals surface area contributed by atoms with Crippen LogP contribution < -0.4 is 5.32 Å². The summed E-state index contributed by atoms with van der Waals surface area (Å²) in [5.41, 5.74) is 2.84. The first-order valence-electron chi connectivity index (χ1n) is 8.55. The van der Waals surface area contributed by atoms with Crippen molar-refractivity contribution in [3.63, 3.8) is 0 Å². The second-order valence-corrected chi connectivity index (χ2v) is 6.43. The molecule has 1 aliphatic rings. The molecule has 3 rings (SSSR count). The Morgan fingerprint density at radius 1 is 1.24 bits per heavy atom. The average Bonchev–Trinajstić information content (AvgIpc) is 3.02. The predicted molar refractivity (Wildman–Crippen MR) is 94.5 cm³/mol. The molecule has 0 saturated carbocycles. The Kier molecular flexibility index (Phi) is 5.28. The molecule has 1 fully saturated rings. The van der Waals surface area contributed by atoms with Gasteiger partial charge in [-0.15, -0.1) is 0 Å². The van der Waals surface area contributed by atoms with Crippen molar-refractivity contribution >= 4 is 11.7 Å². The van der Waals surface area contributed by atoms with Crippen molar-refractivity contribution in [1.82, 2.24) is 15.1 Å². The van der Waals surface area contributed by atoms with Crippen LogP contribution in [0.15, 0.2) is 30.5 Å². The third-order valence-corrected chi connectivity index (χ3v) is 4.62. The van der Waals surface area contributed by atoms with Crippen LogP contribution in [-0.2, 0) is 11.8 Å². The van der Waals surface area contributed by atoms with Gasteiger partial charge in [-0.2, -0.15) is 5.10 Å². The van der Waals surface area contributed by atoms with Crippen LogP contribution in [0.3, 0.4) is 0 Å². The number of hydrogen-bond donors (Lipinski definition) is 1. The summed E-state index contributed by atoms with van der Waals surface area (Å²) in [4.78, 5) is 24.1. The molecule has 2 aromatic rings. The van der Waals surface area contributed by atoms with Crippen molar-refractivity contribution in [2.24, 2.45) is 13.0 Å². The van der Waals surface area contributed by atoms with Crippen LogP contribution in [0, 0.1) is 5.92 Å². The molecule has 1 aromatic heterocycles. The zero-order valence-corrected chi connectivity index (χ0v) is 14.6. The molecule has 6 nitrogen and oxygen atoms in total.